The summed E-state index contributed by atoms with van der Waals surface area (Å²) >= 11 is 0. The summed E-state index contributed by atoms with van der Waals surface area (Å²) in [5, 5.41) is 4.67. The molecule has 1 aliphatic heterocycles. The van der Waals surface area contributed by atoms with Crippen LogP contribution in [0.5, 0.6) is 5.75 Å². The first-order valence-electron chi connectivity index (χ1n) is 5.84. The second-order valence-corrected chi connectivity index (χ2v) is 4.24. The van der Waals surface area contributed by atoms with Gasteiger partial charge < -0.3 is 19.8 Å². The van der Waals surface area contributed by atoms with Crippen molar-refractivity contribution in [2.75, 3.05) is 26.9 Å². The van der Waals surface area contributed by atoms with Gasteiger partial charge in [-0.3, -0.25) is 0 Å². The number of fused-ring (bicyclic) bond motifs is 1. The minimum Gasteiger partial charge on any atom is -0.497 e. The number of ether oxygens (including phenoxy) is 2. The molecule has 0 aliphatic carbocycles. The van der Waals surface area contributed by atoms with Gasteiger partial charge >= 0.3 is 0 Å². The lowest BCUT2D eigenvalue weighted by molar-refractivity contribution is 0.0773. The van der Waals surface area contributed by atoms with Gasteiger partial charge in [-0.1, -0.05) is 0 Å². The van der Waals surface area contributed by atoms with Crippen LogP contribution in [0.2, 0.25) is 0 Å². The van der Waals surface area contributed by atoms with Crippen molar-refractivity contribution < 1.29 is 9.47 Å². The molecule has 2 aromatic rings. The molecule has 1 aliphatic rings. The van der Waals surface area contributed by atoms with Crippen molar-refractivity contribution in [2.45, 2.75) is 6.04 Å². The van der Waals surface area contributed by atoms with E-state index in [-0.39, 0.29) is 6.04 Å². The molecule has 2 N–H and O–H groups in total. The van der Waals surface area contributed by atoms with Crippen LogP contribution < -0.4 is 10.1 Å². The number of aromatic nitrogens is 1. The van der Waals surface area contributed by atoms with Crippen LogP contribution in [-0.2, 0) is 4.74 Å². The standard InChI is InChI=1S/C13H16N2O2/c1-16-9-2-3-12-10(6-9)11(7-15-12)13-8-17-5-4-14-13/h2-3,6-7,13-15H,4-5,8H2,1H3/t13-/m0/s1. The maximum absolute atomic E-state index is 5.50. The molecular weight excluding hydrogens is 216 g/mol. The average Bonchev–Trinajstić information content (AvgIpc) is 2.82. The minimum atomic E-state index is 0.268. The SMILES string of the molecule is COc1ccc2[nH]cc([C@@H]3COCCN3)c2c1. The Labute approximate surface area is 99.9 Å². The Kier molecular flexibility index (Phi) is 2.74. The van der Waals surface area contributed by atoms with Crippen molar-refractivity contribution in [2.24, 2.45) is 0 Å². The molecule has 1 saturated heterocycles. The first-order chi connectivity index (χ1) is 8.38. The highest BCUT2D eigenvalue weighted by Gasteiger charge is 2.18. The third kappa shape index (κ3) is 1.90. The van der Waals surface area contributed by atoms with Gasteiger partial charge in [0.15, 0.2) is 0 Å². The number of morpholine rings is 1. The van der Waals surface area contributed by atoms with E-state index >= 15 is 0 Å². The van der Waals surface area contributed by atoms with Gasteiger partial charge in [-0.05, 0) is 23.8 Å². The molecule has 4 nitrogen and oxygen atoms in total. The highest BCUT2D eigenvalue weighted by atomic mass is 16.5. The predicted octanol–water partition coefficient (Wildman–Crippen LogP) is 1.84. The van der Waals surface area contributed by atoms with E-state index in [0.29, 0.717) is 0 Å². The fraction of sp³-hybridized carbons (Fsp3) is 0.385. The quantitative estimate of drug-likeness (QED) is 0.830. The van der Waals surface area contributed by atoms with E-state index in [1.165, 1.54) is 10.9 Å². The summed E-state index contributed by atoms with van der Waals surface area (Å²) in [6.45, 7) is 2.42. The molecule has 0 bridgehead atoms. The number of aromatic amines is 1. The highest BCUT2D eigenvalue weighted by Crippen LogP contribution is 2.28. The van der Waals surface area contributed by atoms with Crippen molar-refractivity contribution in [3.63, 3.8) is 0 Å². The third-order valence-corrected chi connectivity index (χ3v) is 3.22. The number of H-pyrrole nitrogens is 1. The van der Waals surface area contributed by atoms with E-state index in [4.69, 9.17) is 9.47 Å². The molecule has 0 saturated carbocycles. The molecule has 0 unspecified atom stereocenters. The monoisotopic (exact) mass is 232 g/mol. The zero-order valence-electron chi connectivity index (χ0n) is 9.82. The lowest BCUT2D eigenvalue weighted by Crippen LogP contribution is -2.34. The Morgan fingerprint density at radius 3 is 3.12 bits per heavy atom. The fourth-order valence-electron chi connectivity index (χ4n) is 2.30. The third-order valence-electron chi connectivity index (χ3n) is 3.22. The number of methoxy groups -OCH3 is 1. The van der Waals surface area contributed by atoms with Gasteiger partial charge in [-0.15, -0.1) is 0 Å². The minimum absolute atomic E-state index is 0.268. The second-order valence-electron chi connectivity index (χ2n) is 4.24. The van der Waals surface area contributed by atoms with Crippen molar-refractivity contribution in [3.8, 4) is 5.75 Å². The maximum Gasteiger partial charge on any atom is 0.119 e. The van der Waals surface area contributed by atoms with Crippen LogP contribution in [0.1, 0.15) is 11.6 Å². The van der Waals surface area contributed by atoms with Gasteiger partial charge in [-0.2, -0.15) is 0 Å². The van der Waals surface area contributed by atoms with Crippen molar-refractivity contribution >= 4 is 10.9 Å². The molecule has 3 rings (SSSR count). The van der Waals surface area contributed by atoms with Crippen LogP contribution in [0, 0.1) is 0 Å². The van der Waals surface area contributed by atoms with Crippen molar-refractivity contribution in [3.05, 3.63) is 30.0 Å². The molecule has 1 aromatic heterocycles. The van der Waals surface area contributed by atoms with Crippen LogP contribution in [0.3, 0.4) is 0 Å². The van der Waals surface area contributed by atoms with E-state index in [0.717, 1.165) is 31.0 Å². The maximum atomic E-state index is 5.50. The highest BCUT2D eigenvalue weighted by molar-refractivity contribution is 5.85. The summed E-state index contributed by atoms with van der Waals surface area (Å²) in [4.78, 5) is 3.29. The van der Waals surface area contributed by atoms with Gasteiger partial charge in [0.2, 0.25) is 0 Å². The lowest BCUT2D eigenvalue weighted by atomic mass is 10.1. The molecule has 90 valence electrons. The number of hydrogen-bond donors (Lipinski definition) is 2. The van der Waals surface area contributed by atoms with Gasteiger partial charge in [0, 0.05) is 23.6 Å². The van der Waals surface area contributed by atoms with Gasteiger partial charge in [0.25, 0.3) is 0 Å². The van der Waals surface area contributed by atoms with Crippen LogP contribution >= 0.6 is 0 Å². The second kappa shape index (κ2) is 4.39. The average molecular weight is 232 g/mol. The fourth-order valence-corrected chi connectivity index (χ4v) is 2.30. The Bertz CT molecular complexity index is 515. The first-order valence-corrected chi connectivity index (χ1v) is 5.84. The molecule has 4 heteroatoms. The molecular formula is C13H16N2O2. The molecule has 1 fully saturated rings. The summed E-state index contributed by atoms with van der Waals surface area (Å²) in [5.41, 5.74) is 2.38. The zero-order chi connectivity index (χ0) is 11.7. The largest absolute Gasteiger partial charge is 0.497 e. The smallest absolute Gasteiger partial charge is 0.119 e. The molecule has 0 radical (unpaired) electrons. The van der Waals surface area contributed by atoms with Gasteiger partial charge in [0.1, 0.15) is 5.75 Å². The Morgan fingerprint density at radius 2 is 2.35 bits per heavy atom. The molecule has 1 atom stereocenters. The van der Waals surface area contributed by atoms with Gasteiger partial charge in [-0.25, -0.2) is 0 Å². The topological polar surface area (TPSA) is 46.3 Å². The van der Waals surface area contributed by atoms with Crippen LogP contribution in [0.4, 0.5) is 0 Å². The van der Waals surface area contributed by atoms with E-state index in [9.17, 15) is 0 Å². The summed E-state index contributed by atoms with van der Waals surface area (Å²) in [6.07, 6.45) is 2.05. The summed E-state index contributed by atoms with van der Waals surface area (Å²) in [7, 11) is 1.69. The summed E-state index contributed by atoms with van der Waals surface area (Å²) < 4.78 is 10.8. The molecule has 0 amide bonds. The number of rotatable bonds is 2. The van der Waals surface area contributed by atoms with E-state index in [1.54, 1.807) is 7.11 Å². The van der Waals surface area contributed by atoms with Crippen LogP contribution in [0.25, 0.3) is 10.9 Å². The van der Waals surface area contributed by atoms with Crippen LogP contribution in [0.15, 0.2) is 24.4 Å². The molecule has 1 aromatic carbocycles. The normalized spacial score (nSPS) is 20.6. The number of benzene rings is 1. The molecule has 0 spiro atoms. The Morgan fingerprint density at radius 1 is 1.41 bits per heavy atom. The lowest BCUT2D eigenvalue weighted by Gasteiger charge is -2.23. The summed E-state index contributed by atoms with van der Waals surface area (Å²) in [6, 6.07) is 6.34. The molecule has 17 heavy (non-hydrogen) atoms. The summed E-state index contributed by atoms with van der Waals surface area (Å²) in [5.74, 6) is 0.884. The zero-order valence-corrected chi connectivity index (χ0v) is 9.82. The Balaban J connectivity index is 2.02. The van der Waals surface area contributed by atoms with E-state index in [1.807, 2.05) is 12.1 Å². The van der Waals surface area contributed by atoms with Crippen LogP contribution in [-0.4, -0.2) is 31.9 Å². The van der Waals surface area contributed by atoms with Crippen molar-refractivity contribution in [1.29, 1.82) is 0 Å². The predicted molar refractivity (Wildman–Crippen MR) is 66.4 cm³/mol. The number of nitrogens with one attached hydrogen (secondary N) is 2. The van der Waals surface area contributed by atoms with Gasteiger partial charge in [0.05, 0.1) is 26.4 Å². The first kappa shape index (κ1) is 10.6. The Hall–Kier alpha value is -1.52. The number of hydrogen-bond acceptors (Lipinski definition) is 3. The van der Waals surface area contributed by atoms with Crippen molar-refractivity contribution in [1.82, 2.24) is 10.3 Å². The molecule has 2 heterocycles. The van der Waals surface area contributed by atoms with E-state index in [2.05, 4.69) is 22.6 Å². The van der Waals surface area contributed by atoms with E-state index < -0.39 is 0 Å².